The summed E-state index contributed by atoms with van der Waals surface area (Å²) in [5.74, 6) is 0. The Bertz CT molecular complexity index is 189. The van der Waals surface area contributed by atoms with E-state index >= 15 is 0 Å². The molecule has 3 nitrogen and oxygen atoms in total. The molecule has 2 aliphatic heterocycles. The number of nitrogens with zero attached hydrogens (tertiary/aromatic N) is 1. The highest BCUT2D eigenvalue weighted by Gasteiger charge is 2.44. The molecule has 0 saturated carbocycles. The molecule has 0 aromatic carbocycles. The van der Waals surface area contributed by atoms with Gasteiger partial charge in [0.2, 0.25) is 0 Å². The van der Waals surface area contributed by atoms with Gasteiger partial charge in [-0.3, -0.25) is 4.90 Å². The van der Waals surface area contributed by atoms with Crippen molar-refractivity contribution in [3.8, 4) is 0 Å². The first-order valence-corrected chi connectivity index (χ1v) is 5.75. The summed E-state index contributed by atoms with van der Waals surface area (Å²) in [5.41, 5.74) is 0. The Balaban J connectivity index is 2.21. The lowest BCUT2D eigenvalue weighted by molar-refractivity contribution is 0.0277. The molecule has 14 heavy (non-hydrogen) atoms. The molecule has 2 heterocycles. The zero-order valence-electron chi connectivity index (χ0n) is 9.06. The van der Waals surface area contributed by atoms with Gasteiger partial charge in [0, 0.05) is 18.1 Å². The Hall–Kier alpha value is -0.120. The van der Waals surface area contributed by atoms with Crippen LogP contribution in [0.15, 0.2) is 0 Å². The van der Waals surface area contributed by atoms with Crippen LogP contribution in [0.5, 0.6) is 0 Å². The zero-order chi connectivity index (χ0) is 10.3. The van der Waals surface area contributed by atoms with Crippen LogP contribution < -0.4 is 0 Å². The molecule has 0 unspecified atom stereocenters. The van der Waals surface area contributed by atoms with Gasteiger partial charge in [0.25, 0.3) is 0 Å². The number of fused-ring (bicyclic) bond motifs is 2. The summed E-state index contributed by atoms with van der Waals surface area (Å²) in [6, 6.07) is 1.00. The predicted molar refractivity (Wildman–Crippen MR) is 55.0 cm³/mol. The van der Waals surface area contributed by atoms with Crippen LogP contribution in [0.4, 0.5) is 0 Å². The first-order valence-electron chi connectivity index (χ1n) is 5.75. The van der Waals surface area contributed by atoms with Crippen LogP contribution in [-0.4, -0.2) is 45.4 Å². The first kappa shape index (κ1) is 10.4. The van der Waals surface area contributed by atoms with Crippen molar-refractivity contribution in [1.82, 2.24) is 4.90 Å². The molecular weight excluding hydrogens is 178 g/mol. The lowest BCUT2D eigenvalue weighted by Crippen LogP contribution is -2.47. The number of aliphatic hydroxyl groups excluding tert-OH is 2. The third-order valence-corrected chi connectivity index (χ3v) is 3.77. The molecule has 2 N–H and O–H groups in total. The Labute approximate surface area is 85.7 Å². The topological polar surface area (TPSA) is 43.7 Å². The highest BCUT2D eigenvalue weighted by molar-refractivity contribution is 4.99. The lowest BCUT2D eigenvalue weighted by atomic mass is 9.97. The smallest absolute Gasteiger partial charge is 0.0696 e. The van der Waals surface area contributed by atoms with E-state index in [1.165, 1.54) is 0 Å². The van der Waals surface area contributed by atoms with Crippen LogP contribution in [-0.2, 0) is 0 Å². The fourth-order valence-electron chi connectivity index (χ4n) is 3.16. The van der Waals surface area contributed by atoms with E-state index in [-0.39, 0.29) is 24.3 Å². The fourth-order valence-corrected chi connectivity index (χ4v) is 3.16. The van der Waals surface area contributed by atoms with Crippen molar-refractivity contribution in [3.05, 3.63) is 0 Å². The number of hydrogen-bond acceptors (Lipinski definition) is 3. The minimum atomic E-state index is -0.237. The number of aliphatic hydroxyl groups is 2. The molecule has 2 bridgehead atoms. The van der Waals surface area contributed by atoms with Gasteiger partial charge in [0.05, 0.1) is 12.2 Å². The first-order chi connectivity index (χ1) is 6.61. The van der Waals surface area contributed by atoms with E-state index in [1.54, 1.807) is 0 Å². The van der Waals surface area contributed by atoms with Crippen LogP contribution in [0.2, 0.25) is 0 Å². The van der Waals surface area contributed by atoms with Gasteiger partial charge in [-0.25, -0.2) is 0 Å². The maximum Gasteiger partial charge on any atom is 0.0696 e. The standard InChI is InChI=1S/C11H21NO2/c1-7(2)12-8-3-4-9(12)11(14)6-5-10(8)13/h7-11,13-14H,3-6H2,1-2H3/t8-,9+,10+,11-. The summed E-state index contributed by atoms with van der Waals surface area (Å²) < 4.78 is 0. The second-order valence-electron chi connectivity index (χ2n) is 4.97. The van der Waals surface area contributed by atoms with Gasteiger partial charge in [0.1, 0.15) is 0 Å². The molecule has 0 aromatic heterocycles. The van der Waals surface area contributed by atoms with Crippen molar-refractivity contribution < 1.29 is 10.2 Å². The Morgan fingerprint density at radius 2 is 1.36 bits per heavy atom. The van der Waals surface area contributed by atoms with E-state index in [1.807, 2.05) is 0 Å². The van der Waals surface area contributed by atoms with Crippen LogP contribution in [0, 0.1) is 0 Å². The molecule has 0 aliphatic carbocycles. The van der Waals surface area contributed by atoms with Gasteiger partial charge in [-0.1, -0.05) is 0 Å². The third kappa shape index (κ3) is 1.58. The summed E-state index contributed by atoms with van der Waals surface area (Å²) in [4.78, 5) is 2.32. The van der Waals surface area contributed by atoms with E-state index in [0.717, 1.165) is 25.7 Å². The maximum absolute atomic E-state index is 9.96. The van der Waals surface area contributed by atoms with Crippen LogP contribution in [0.25, 0.3) is 0 Å². The lowest BCUT2D eigenvalue weighted by Gasteiger charge is -2.34. The second kappa shape index (κ2) is 3.80. The van der Waals surface area contributed by atoms with E-state index in [2.05, 4.69) is 18.7 Å². The minimum absolute atomic E-state index is 0.237. The summed E-state index contributed by atoms with van der Waals surface area (Å²) >= 11 is 0. The zero-order valence-corrected chi connectivity index (χ0v) is 9.06. The molecular formula is C11H21NO2. The average molecular weight is 199 g/mol. The van der Waals surface area contributed by atoms with Gasteiger partial charge < -0.3 is 10.2 Å². The van der Waals surface area contributed by atoms with Crippen molar-refractivity contribution >= 4 is 0 Å². The van der Waals surface area contributed by atoms with Crippen molar-refractivity contribution in [1.29, 1.82) is 0 Å². The maximum atomic E-state index is 9.96. The molecule has 0 amide bonds. The van der Waals surface area contributed by atoms with E-state index in [4.69, 9.17) is 0 Å². The van der Waals surface area contributed by atoms with Gasteiger partial charge >= 0.3 is 0 Å². The summed E-state index contributed by atoms with van der Waals surface area (Å²) in [6.07, 6.45) is 3.12. The van der Waals surface area contributed by atoms with E-state index in [9.17, 15) is 10.2 Å². The van der Waals surface area contributed by atoms with Crippen LogP contribution >= 0.6 is 0 Å². The number of rotatable bonds is 1. The van der Waals surface area contributed by atoms with Crippen molar-refractivity contribution in [3.63, 3.8) is 0 Å². The Morgan fingerprint density at radius 3 is 1.71 bits per heavy atom. The molecule has 2 rings (SSSR count). The Morgan fingerprint density at radius 1 is 0.929 bits per heavy atom. The molecule has 0 aromatic rings. The highest BCUT2D eigenvalue weighted by atomic mass is 16.3. The van der Waals surface area contributed by atoms with Crippen molar-refractivity contribution in [2.75, 3.05) is 0 Å². The van der Waals surface area contributed by atoms with E-state index < -0.39 is 0 Å². The van der Waals surface area contributed by atoms with Gasteiger partial charge in [-0.2, -0.15) is 0 Å². The molecule has 0 radical (unpaired) electrons. The molecule has 82 valence electrons. The SMILES string of the molecule is CC(C)N1[C@@H]2CC[C@H]1[C@H](O)CC[C@@H]2O. The quantitative estimate of drug-likeness (QED) is 0.655. The van der Waals surface area contributed by atoms with Gasteiger partial charge in [0.15, 0.2) is 0 Å². The largest absolute Gasteiger partial charge is 0.391 e. The minimum Gasteiger partial charge on any atom is -0.391 e. The van der Waals surface area contributed by atoms with Gasteiger partial charge in [-0.15, -0.1) is 0 Å². The van der Waals surface area contributed by atoms with Gasteiger partial charge in [-0.05, 0) is 39.5 Å². The number of hydrogen-bond donors (Lipinski definition) is 2. The molecule has 2 fully saturated rings. The third-order valence-electron chi connectivity index (χ3n) is 3.77. The molecule has 2 aliphatic rings. The molecule has 2 saturated heterocycles. The second-order valence-corrected chi connectivity index (χ2v) is 4.97. The van der Waals surface area contributed by atoms with Crippen LogP contribution in [0.3, 0.4) is 0 Å². The summed E-state index contributed by atoms with van der Waals surface area (Å²) in [7, 11) is 0. The van der Waals surface area contributed by atoms with E-state index in [0.29, 0.717) is 6.04 Å². The Kier molecular flexibility index (Phi) is 2.82. The predicted octanol–water partition coefficient (Wildman–Crippen LogP) is 0.743. The average Bonchev–Trinajstić information content (AvgIpc) is 2.52. The highest BCUT2D eigenvalue weighted by Crippen LogP contribution is 2.35. The fraction of sp³-hybridized carbons (Fsp3) is 1.00. The molecule has 0 spiro atoms. The summed E-state index contributed by atoms with van der Waals surface area (Å²) in [6.45, 7) is 4.30. The summed E-state index contributed by atoms with van der Waals surface area (Å²) in [5, 5.41) is 19.9. The monoisotopic (exact) mass is 199 g/mol. The van der Waals surface area contributed by atoms with Crippen molar-refractivity contribution in [2.45, 2.75) is 69.9 Å². The van der Waals surface area contributed by atoms with Crippen LogP contribution in [0.1, 0.15) is 39.5 Å². The van der Waals surface area contributed by atoms with Crippen molar-refractivity contribution in [2.24, 2.45) is 0 Å². The molecule has 3 heteroatoms. The normalized spacial score (nSPS) is 44.4. The molecule has 4 atom stereocenters.